The zero-order valence-electron chi connectivity index (χ0n) is 12.5. The fourth-order valence-electron chi connectivity index (χ4n) is 2.52. The smallest absolute Gasteiger partial charge is 0.335 e. The molecule has 2 amide bonds. The third-order valence-electron chi connectivity index (χ3n) is 4.22. The molecule has 0 aromatic heterocycles. The summed E-state index contributed by atoms with van der Waals surface area (Å²) < 4.78 is 0. The lowest BCUT2D eigenvalue weighted by Gasteiger charge is -2.40. The molecule has 1 aliphatic rings. The Hall–Kier alpha value is -2.04. The van der Waals surface area contributed by atoms with Crippen LogP contribution in [0.25, 0.3) is 0 Å². The molecule has 0 atom stereocenters. The molecule has 1 fully saturated rings. The first-order valence-corrected chi connectivity index (χ1v) is 7.27. The van der Waals surface area contributed by atoms with Crippen LogP contribution in [0.5, 0.6) is 0 Å². The zero-order valence-corrected chi connectivity index (χ0v) is 12.5. The Morgan fingerprint density at radius 2 is 1.86 bits per heavy atom. The third kappa shape index (κ3) is 3.97. The first kappa shape index (κ1) is 15.4. The van der Waals surface area contributed by atoms with Crippen LogP contribution in [0.15, 0.2) is 24.3 Å². The van der Waals surface area contributed by atoms with E-state index in [0.29, 0.717) is 12.5 Å². The number of carboxylic acids is 1. The number of aromatic carboxylic acids is 1. The van der Waals surface area contributed by atoms with Crippen LogP contribution in [-0.4, -0.2) is 22.6 Å². The molecule has 5 heteroatoms. The molecule has 0 aliphatic heterocycles. The Balaban J connectivity index is 1.82. The maximum Gasteiger partial charge on any atom is 0.335 e. The number of benzene rings is 1. The maximum absolute atomic E-state index is 11.9. The van der Waals surface area contributed by atoms with Crippen LogP contribution in [-0.2, 0) is 6.54 Å². The van der Waals surface area contributed by atoms with Gasteiger partial charge >= 0.3 is 12.0 Å². The van der Waals surface area contributed by atoms with E-state index >= 15 is 0 Å². The van der Waals surface area contributed by atoms with Crippen LogP contribution >= 0.6 is 0 Å². The van der Waals surface area contributed by atoms with Crippen molar-refractivity contribution in [1.82, 2.24) is 10.6 Å². The molecular formula is C16H22N2O3. The lowest BCUT2D eigenvalue weighted by molar-refractivity contribution is 0.0697. The van der Waals surface area contributed by atoms with Crippen molar-refractivity contribution in [1.29, 1.82) is 0 Å². The van der Waals surface area contributed by atoms with Crippen LogP contribution in [0, 0.1) is 5.92 Å². The summed E-state index contributed by atoms with van der Waals surface area (Å²) in [5.74, 6) is -0.396. The summed E-state index contributed by atoms with van der Waals surface area (Å²) in [5, 5.41) is 14.6. The van der Waals surface area contributed by atoms with E-state index in [1.54, 1.807) is 12.1 Å². The van der Waals surface area contributed by atoms with E-state index in [-0.39, 0.29) is 17.1 Å². The number of nitrogens with one attached hydrogen (secondary N) is 2. The quantitative estimate of drug-likeness (QED) is 0.780. The highest BCUT2D eigenvalue weighted by Crippen LogP contribution is 2.35. The molecule has 0 unspecified atom stereocenters. The number of urea groups is 1. The third-order valence-corrected chi connectivity index (χ3v) is 4.22. The minimum atomic E-state index is -0.950. The van der Waals surface area contributed by atoms with Crippen molar-refractivity contribution in [3.8, 4) is 0 Å². The maximum atomic E-state index is 11.9. The normalized spacial score (nSPS) is 15.1. The van der Waals surface area contributed by atoms with Crippen molar-refractivity contribution in [2.75, 3.05) is 0 Å². The number of hydrogen-bond acceptors (Lipinski definition) is 2. The second-order valence-electron chi connectivity index (χ2n) is 6.16. The molecular weight excluding hydrogens is 268 g/mol. The Morgan fingerprint density at radius 3 is 2.33 bits per heavy atom. The van der Waals surface area contributed by atoms with Gasteiger partial charge in [0.25, 0.3) is 0 Å². The molecule has 1 aromatic rings. The van der Waals surface area contributed by atoms with Gasteiger partial charge in [-0.1, -0.05) is 18.6 Å². The van der Waals surface area contributed by atoms with Crippen LogP contribution in [0.3, 0.4) is 0 Å². The van der Waals surface area contributed by atoms with Gasteiger partial charge in [-0.2, -0.15) is 0 Å². The summed E-state index contributed by atoms with van der Waals surface area (Å²) in [6.07, 6.45) is 3.58. The zero-order chi connectivity index (χ0) is 15.5. The van der Waals surface area contributed by atoms with Crippen molar-refractivity contribution in [2.45, 2.75) is 45.2 Å². The fraction of sp³-hybridized carbons (Fsp3) is 0.500. The highest BCUT2D eigenvalue weighted by atomic mass is 16.4. The molecule has 0 bridgehead atoms. The Kier molecular flexibility index (Phi) is 4.50. The van der Waals surface area contributed by atoms with Gasteiger partial charge in [-0.3, -0.25) is 0 Å². The van der Waals surface area contributed by atoms with Crippen LogP contribution in [0.1, 0.15) is 49.0 Å². The highest BCUT2D eigenvalue weighted by Gasteiger charge is 2.34. The predicted octanol–water partition coefficient (Wildman–Crippen LogP) is 2.76. The standard InChI is InChI=1S/C16H22N2O3/c1-16(2,13-4-3-5-13)18-15(21)17-10-11-6-8-12(9-7-11)14(19)20/h6-9,13H,3-5,10H2,1-2H3,(H,19,20)(H2,17,18,21). The molecule has 0 radical (unpaired) electrons. The van der Waals surface area contributed by atoms with Gasteiger partial charge in [-0.15, -0.1) is 0 Å². The summed E-state index contributed by atoms with van der Waals surface area (Å²) in [4.78, 5) is 22.7. The lowest BCUT2D eigenvalue weighted by atomic mass is 9.73. The van der Waals surface area contributed by atoms with Crippen LogP contribution in [0.2, 0.25) is 0 Å². The van der Waals surface area contributed by atoms with Gasteiger partial charge in [0.1, 0.15) is 0 Å². The molecule has 1 aliphatic carbocycles. The first-order valence-electron chi connectivity index (χ1n) is 7.27. The molecule has 114 valence electrons. The van der Waals surface area contributed by atoms with Gasteiger partial charge in [0, 0.05) is 12.1 Å². The number of carbonyl (C=O) groups excluding carboxylic acids is 1. The van der Waals surface area contributed by atoms with Gasteiger partial charge in [0.15, 0.2) is 0 Å². The minimum Gasteiger partial charge on any atom is -0.478 e. The van der Waals surface area contributed by atoms with Crippen LogP contribution < -0.4 is 10.6 Å². The van der Waals surface area contributed by atoms with E-state index in [4.69, 9.17) is 5.11 Å². The summed E-state index contributed by atoms with van der Waals surface area (Å²) in [7, 11) is 0. The minimum absolute atomic E-state index is 0.185. The number of amides is 2. The molecule has 3 N–H and O–H groups in total. The molecule has 2 rings (SSSR count). The second-order valence-corrected chi connectivity index (χ2v) is 6.16. The average Bonchev–Trinajstić information content (AvgIpc) is 2.33. The molecule has 1 aromatic carbocycles. The second kappa shape index (κ2) is 6.16. The predicted molar refractivity (Wildman–Crippen MR) is 80.2 cm³/mol. The number of carboxylic acid groups (broad SMARTS) is 1. The van der Waals surface area contributed by atoms with Gasteiger partial charge in [-0.05, 0) is 50.3 Å². The Labute approximate surface area is 124 Å². The van der Waals surface area contributed by atoms with E-state index in [9.17, 15) is 9.59 Å². The van der Waals surface area contributed by atoms with Gasteiger partial charge < -0.3 is 15.7 Å². The Morgan fingerprint density at radius 1 is 1.24 bits per heavy atom. The SMILES string of the molecule is CC(C)(NC(=O)NCc1ccc(C(=O)O)cc1)C1CCC1. The van der Waals surface area contributed by atoms with E-state index in [1.165, 1.54) is 31.4 Å². The van der Waals surface area contributed by atoms with Gasteiger partial charge in [0.2, 0.25) is 0 Å². The topological polar surface area (TPSA) is 78.4 Å². The highest BCUT2D eigenvalue weighted by molar-refractivity contribution is 5.87. The Bertz CT molecular complexity index is 519. The largest absolute Gasteiger partial charge is 0.478 e. The lowest BCUT2D eigenvalue weighted by Crippen LogP contribution is -2.54. The molecule has 0 spiro atoms. The molecule has 21 heavy (non-hydrogen) atoms. The van der Waals surface area contributed by atoms with Crippen molar-refractivity contribution in [3.63, 3.8) is 0 Å². The summed E-state index contributed by atoms with van der Waals surface area (Å²) in [6.45, 7) is 4.49. The van der Waals surface area contributed by atoms with Gasteiger partial charge in [-0.25, -0.2) is 9.59 Å². The van der Waals surface area contributed by atoms with E-state index in [0.717, 1.165) is 5.56 Å². The molecule has 1 saturated carbocycles. The molecule has 5 nitrogen and oxygen atoms in total. The van der Waals surface area contributed by atoms with Crippen molar-refractivity contribution >= 4 is 12.0 Å². The fourth-order valence-corrected chi connectivity index (χ4v) is 2.52. The van der Waals surface area contributed by atoms with E-state index in [1.807, 2.05) is 0 Å². The molecule has 0 saturated heterocycles. The number of rotatable bonds is 5. The van der Waals surface area contributed by atoms with E-state index < -0.39 is 5.97 Å². The summed E-state index contributed by atoms with van der Waals surface area (Å²) in [6, 6.07) is 6.31. The average molecular weight is 290 g/mol. The summed E-state index contributed by atoms with van der Waals surface area (Å²) >= 11 is 0. The summed E-state index contributed by atoms with van der Waals surface area (Å²) in [5.41, 5.74) is 0.932. The first-order chi connectivity index (χ1) is 9.88. The van der Waals surface area contributed by atoms with Crippen LogP contribution in [0.4, 0.5) is 4.79 Å². The monoisotopic (exact) mass is 290 g/mol. The van der Waals surface area contributed by atoms with Crippen molar-refractivity contribution in [3.05, 3.63) is 35.4 Å². The molecule has 0 heterocycles. The number of carbonyl (C=O) groups is 2. The van der Waals surface area contributed by atoms with E-state index in [2.05, 4.69) is 24.5 Å². The van der Waals surface area contributed by atoms with Crippen molar-refractivity contribution in [2.24, 2.45) is 5.92 Å². The number of hydrogen-bond donors (Lipinski definition) is 3. The van der Waals surface area contributed by atoms with Crippen molar-refractivity contribution < 1.29 is 14.7 Å². The van der Waals surface area contributed by atoms with Gasteiger partial charge in [0.05, 0.1) is 5.56 Å².